The summed E-state index contributed by atoms with van der Waals surface area (Å²) in [6, 6.07) is 15.0. The van der Waals surface area contributed by atoms with Crippen LogP contribution in [0.5, 0.6) is 5.75 Å². The quantitative estimate of drug-likeness (QED) is 0.327. The first kappa shape index (κ1) is 23.9. The Morgan fingerprint density at radius 3 is 2.24 bits per heavy atom. The van der Waals surface area contributed by atoms with E-state index >= 15 is 0 Å². The number of halogens is 3. The Morgan fingerprint density at radius 2 is 1.61 bits per heavy atom. The van der Waals surface area contributed by atoms with E-state index in [0.717, 1.165) is 25.5 Å². The molecule has 0 aliphatic heterocycles. The first-order chi connectivity index (χ1) is 15.9. The van der Waals surface area contributed by atoms with Gasteiger partial charge in [0.2, 0.25) is 5.95 Å². The molecule has 0 aliphatic rings. The van der Waals surface area contributed by atoms with Crippen LogP contribution in [0, 0.1) is 11.3 Å². The van der Waals surface area contributed by atoms with Crippen LogP contribution < -0.4 is 15.4 Å². The highest BCUT2D eigenvalue weighted by Crippen LogP contribution is 2.35. The van der Waals surface area contributed by atoms with Gasteiger partial charge in [-0.05, 0) is 55.0 Å². The molecule has 0 aliphatic carbocycles. The average molecular weight is 455 g/mol. The summed E-state index contributed by atoms with van der Waals surface area (Å²) in [5.74, 6) is 0.331. The van der Waals surface area contributed by atoms with E-state index in [9.17, 15) is 13.2 Å². The second-order valence-corrected chi connectivity index (χ2v) is 7.33. The summed E-state index contributed by atoms with van der Waals surface area (Å²) in [7, 11) is 0. The third-order valence-corrected chi connectivity index (χ3v) is 4.75. The normalized spacial score (nSPS) is 11.0. The number of aromatic nitrogens is 2. The molecule has 1 aromatic heterocycles. The number of hydrogen-bond acceptors (Lipinski definition) is 6. The van der Waals surface area contributed by atoms with Crippen molar-refractivity contribution in [3.8, 4) is 11.8 Å². The minimum Gasteiger partial charge on any atom is -0.494 e. The summed E-state index contributed by atoms with van der Waals surface area (Å²) < 4.78 is 46.0. The van der Waals surface area contributed by atoms with Crippen molar-refractivity contribution in [2.24, 2.45) is 0 Å². The van der Waals surface area contributed by atoms with Crippen LogP contribution in [-0.4, -0.2) is 16.6 Å². The zero-order chi connectivity index (χ0) is 23.7. The molecule has 6 nitrogen and oxygen atoms in total. The van der Waals surface area contributed by atoms with Gasteiger partial charge in [-0.25, -0.2) is 4.98 Å². The lowest BCUT2D eigenvalue weighted by Crippen LogP contribution is -2.12. The second kappa shape index (κ2) is 11.2. The SMILES string of the molecule is CCCCCCOc1ccc(Nc2ncc(C(F)(F)F)c(Nc3ccc(C#N)cc3)n2)cc1. The molecule has 0 spiro atoms. The molecule has 2 aromatic carbocycles. The fraction of sp³-hybridized carbons (Fsp3) is 0.292. The highest BCUT2D eigenvalue weighted by Gasteiger charge is 2.35. The number of nitriles is 1. The van der Waals surface area contributed by atoms with Crippen molar-refractivity contribution in [1.29, 1.82) is 5.26 Å². The maximum Gasteiger partial charge on any atom is 0.421 e. The fourth-order valence-electron chi connectivity index (χ4n) is 2.99. The van der Waals surface area contributed by atoms with Crippen LogP contribution in [0.3, 0.4) is 0 Å². The Bertz CT molecular complexity index is 1080. The topological polar surface area (TPSA) is 82.9 Å². The first-order valence-corrected chi connectivity index (χ1v) is 10.6. The molecule has 33 heavy (non-hydrogen) atoms. The van der Waals surface area contributed by atoms with Gasteiger partial charge in [-0.2, -0.15) is 23.4 Å². The van der Waals surface area contributed by atoms with Crippen LogP contribution in [0.15, 0.2) is 54.7 Å². The van der Waals surface area contributed by atoms with Crippen molar-refractivity contribution in [2.45, 2.75) is 38.8 Å². The number of ether oxygens (including phenoxy) is 1. The molecule has 0 radical (unpaired) electrons. The maximum atomic E-state index is 13.4. The second-order valence-electron chi connectivity index (χ2n) is 7.33. The molecule has 0 atom stereocenters. The molecule has 0 fully saturated rings. The number of hydrogen-bond donors (Lipinski definition) is 2. The minimum atomic E-state index is -4.64. The standard InChI is InChI=1S/C24H24F3N5O/c1-2-3-4-5-14-33-20-12-10-19(11-13-20)31-23-29-16-21(24(25,26)27)22(32-23)30-18-8-6-17(15-28)7-9-18/h6-13,16H,2-5,14H2,1H3,(H2,29,30,31,32). The number of unbranched alkanes of at least 4 members (excludes halogenated alkanes) is 3. The van der Waals surface area contributed by atoms with Crippen LogP contribution in [0.4, 0.5) is 36.3 Å². The number of anilines is 4. The van der Waals surface area contributed by atoms with Gasteiger partial charge in [0.05, 0.1) is 18.2 Å². The number of nitrogens with zero attached hydrogens (tertiary/aromatic N) is 3. The molecule has 0 unspecified atom stereocenters. The fourth-order valence-corrected chi connectivity index (χ4v) is 2.99. The van der Waals surface area contributed by atoms with Crippen molar-refractivity contribution in [2.75, 3.05) is 17.2 Å². The maximum absolute atomic E-state index is 13.4. The number of alkyl halides is 3. The van der Waals surface area contributed by atoms with E-state index in [4.69, 9.17) is 10.00 Å². The lowest BCUT2D eigenvalue weighted by Gasteiger charge is -2.15. The van der Waals surface area contributed by atoms with Crippen molar-refractivity contribution in [1.82, 2.24) is 9.97 Å². The van der Waals surface area contributed by atoms with Crippen LogP contribution >= 0.6 is 0 Å². The average Bonchev–Trinajstić information content (AvgIpc) is 2.80. The summed E-state index contributed by atoms with van der Waals surface area (Å²) in [5, 5.41) is 14.5. The Morgan fingerprint density at radius 1 is 0.939 bits per heavy atom. The molecule has 0 amide bonds. The van der Waals surface area contributed by atoms with Gasteiger partial charge < -0.3 is 15.4 Å². The molecule has 1 heterocycles. The minimum absolute atomic E-state index is 0.00683. The zero-order valence-corrected chi connectivity index (χ0v) is 18.1. The first-order valence-electron chi connectivity index (χ1n) is 10.6. The van der Waals surface area contributed by atoms with E-state index in [0.29, 0.717) is 29.3 Å². The van der Waals surface area contributed by atoms with Crippen molar-refractivity contribution in [3.05, 3.63) is 65.9 Å². The molecule has 0 saturated heterocycles. The smallest absolute Gasteiger partial charge is 0.421 e. The largest absolute Gasteiger partial charge is 0.494 e. The molecular weight excluding hydrogens is 431 g/mol. The van der Waals surface area contributed by atoms with Gasteiger partial charge in [0.1, 0.15) is 17.1 Å². The molecule has 0 saturated carbocycles. The van der Waals surface area contributed by atoms with Gasteiger partial charge >= 0.3 is 6.18 Å². The molecule has 9 heteroatoms. The number of nitrogens with one attached hydrogen (secondary N) is 2. The summed E-state index contributed by atoms with van der Waals surface area (Å²) in [5.41, 5.74) is 0.376. The van der Waals surface area contributed by atoms with Crippen LogP contribution in [0.25, 0.3) is 0 Å². The van der Waals surface area contributed by atoms with Crippen molar-refractivity contribution in [3.63, 3.8) is 0 Å². The lowest BCUT2D eigenvalue weighted by molar-refractivity contribution is -0.137. The van der Waals surface area contributed by atoms with Gasteiger partial charge in [-0.15, -0.1) is 0 Å². The molecule has 2 N–H and O–H groups in total. The lowest BCUT2D eigenvalue weighted by atomic mass is 10.2. The predicted octanol–water partition coefficient (Wildman–Crippen LogP) is 6.81. The third kappa shape index (κ3) is 7.10. The summed E-state index contributed by atoms with van der Waals surface area (Å²) in [4.78, 5) is 7.84. The van der Waals surface area contributed by atoms with E-state index in [-0.39, 0.29) is 5.95 Å². The molecule has 0 bridgehead atoms. The zero-order valence-electron chi connectivity index (χ0n) is 18.1. The van der Waals surface area contributed by atoms with E-state index in [2.05, 4.69) is 27.5 Å². The Kier molecular flexibility index (Phi) is 8.08. The molecule has 3 aromatic rings. The highest BCUT2D eigenvalue weighted by molar-refractivity contribution is 5.63. The van der Waals surface area contributed by atoms with E-state index in [1.807, 2.05) is 6.07 Å². The molecular formula is C24H24F3N5O. The van der Waals surface area contributed by atoms with Crippen molar-refractivity contribution >= 4 is 23.1 Å². The van der Waals surface area contributed by atoms with E-state index in [1.54, 1.807) is 24.3 Å². The van der Waals surface area contributed by atoms with E-state index in [1.165, 1.54) is 30.7 Å². The summed E-state index contributed by atoms with van der Waals surface area (Å²) in [6.45, 7) is 2.79. The van der Waals surface area contributed by atoms with Crippen LogP contribution in [0.1, 0.15) is 43.7 Å². The summed E-state index contributed by atoms with van der Waals surface area (Å²) >= 11 is 0. The molecule has 3 rings (SSSR count). The number of benzene rings is 2. The highest BCUT2D eigenvalue weighted by atomic mass is 19.4. The Balaban J connectivity index is 1.71. The number of rotatable bonds is 10. The van der Waals surface area contributed by atoms with Gasteiger partial charge in [0.15, 0.2) is 0 Å². The van der Waals surface area contributed by atoms with Gasteiger partial charge in [0, 0.05) is 17.6 Å². The van der Waals surface area contributed by atoms with Gasteiger partial charge in [-0.3, -0.25) is 0 Å². The van der Waals surface area contributed by atoms with Crippen molar-refractivity contribution < 1.29 is 17.9 Å². The van der Waals surface area contributed by atoms with Gasteiger partial charge in [0.25, 0.3) is 0 Å². The monoisotopic (exact) mass is 455 g/mol. The van der Waals surface area contributed by atoms with Crippen LogP contribution in [0.2, 0.25) is 0 Å². The Hall–Kier alpha value is -3.80. The van der Waals surface area contributed by atoms with Crippen LogP contribution in [-0.2, 0) is 6.18 Å². The Labute approximate surface area is 190 Å². The molecule has 172 valence electrons. The third-order valence-electron chi connectivity index (χ3n) is 4.75. The summed E-state index contributed by atoms with van der Waals surface area (Å²) in [6.07, 6.45) is 0.555. The van der Waals surface area contributed by atoms with Gasteiger partial charge in [-0.1, -0.05) is 26.2 Å². The predicted molar refractivity (Wildman–Crippen MR) is 121 cm³/mol. The van der Waals surface area contributed by atoms with E-state index < -0.39 is 17.6 Å².